The third kappa shape index (κ3) is 7.28. The molecule has 0 saturated heterocycles. The predicted molar refractivity (Wildman–Crippen MR) is 135 cm³/mol. The second kappa shape index (κ2) is 12.9. The van der Waals surface area contributed by atoms with Crippen LogP contribution in [0, 0.1) is 0 Å². The fourth-order valence-corrected chi connectivity index (χ4v) is 4.52. The number of carbonyl (C=O) groups excluding carboxylic acids is 2. The average Bonchev–Trinajstić information content (AvgIpc) is 2.85. The molecule has 1 aliphatic rings. The first-order valence-corrected chi connectivity index (χ1v) is 12.5. The van der Waals surface area contributed by atoms with E-state index in [9.17, 15) is 9.59 Å². The Kier molecular flexibility index (Phi) is 9.90. The molecular weight excluding hydrogens is 475 g/mol. The van der Waals surface area contributed by atoms with E-state index in [1.54, 1.807) is 48.4 Å². The van der Waals surface area contributed by atoms with Gasteiger partial charge in [0.2, 0.25) is 5.91 Å². The molecule has 0 aromatic heterocycles. The SMILES string of the molecule is CC[C@@H](C(=O)NC1CCCCC1)N(Cc1ccc(Cl)c(Cl)c1)C(=O)COc1ccc(OC)cc1. The van der Waals surface area contributed by atoms with Crippen molar-refractivity contribution in [2.24, 2.45) is 0 Å². The van der Waals surface area contributed by atoms with Crippen molar-refractivity contribution in [1.29, 1.82) is 0 Å². The van der Waals surface area contributed by atoms with Gasteiger partial charge in [-0.15, -0.1) is 0 Å². The molecule has 0 heterocycles. The number of halogens is 2. The van der Waals surface area contributed by atoms with Crippen molar-refractivity contribution >= 4 is 35.0 Å². The summed E-state index contributed by atoms with van der Waals surface area (Å²) in [6, 6.07) is 11.8. The van der Waals surface area contributed by atoms with E-state index in [0.29, 0.717) is 28.0 Å². The summed E-state index contributed by atoms with van der Waals surface area (Å²) in [5.41, 5.74) is 0.788. The summed E-state index contributed by atoms with van der Waals surface area (Å²) in [6.45, 7) is 1.93. The summed E-state index contributed by atoms with van der Waals surface area (Å²) in [6.07, 6.45) is 5.86. The van der Waals surface area contributed by atoms with Crippen LogP contribution in [0.25, 0.3) is 0 Å². The molecule has 1 N–H and O–H groups in total. The molecule has 6 nitrogen and oxygen atoms in total. The number of nitrogens with one attached hydrogen (secondary N) is 1. The number of amides is 2. The van der Waals surface area contributed by atoms with Crippen LogP contribution in [0.2, 0.25) is 10.0 Å². The fraction of sp³-hybridized carbons (Fsp3) is 0.462. The number of ether oxygens (including phenoxy) is 2. The molecule has 0 radical (unpaired) electrons. The van der Waals surface area contributed by atoms with Gasteiger partial charge in [-0.05, 0) is 61.2 Å². The monoisotopic (exact) mass is 506 g/mol. The first kappa shape index (κ1) is 26.2. The van der Waals surface area contributed by atoms with Crippen LogP contribution >= 0.6 is 23.2 Å². The van der Waals surface area contributed by atoms with Gasteiger partial charge in [0.25, 0.3) is 5.91 Å². The number of nitrogens with zero attached hydrogens (tertiary/aromatic N) is 1. The third-order valence-electron chi connectivity index (χ3n) is 6.10. The molecule has 184 valence electrons. The van der Waals surface area contributed by atoms with Crippen LogP contribution in [0.3, 0.4) is 0 Å². The lowest BCUT2D eigenvalue weighted by molar-refractivity contribution is -0.143. The average molecular weight is 507 g/mol. The van der Waals surface area contributed by atoms with Gasteiger partial charge >= 0.3 is 0 Å². The molecule has 1 fully saturated rings. The molecule has 0 aliphatic heterocycles. The van der Waals surface area contributed by atoms with Gasteiger partial charge in [-0.3, -0.25) is 9.59 Å². The second-order valence-electron chi connectivity index (χ2n) is 8.50. The molecule has 1 saturated carbocycles. The summed E-state index contributed by atoms with van der Waals surface area (Å²) in [5.74, 6) is 0.827. The van der Waals surface area contributed by atoms with E-state index in [1.807, 2.05) is 13.0 Å². The van der Waals surface area contributed by atoms with Crippen LogP contribution in [0.5, 0.6) is 11.5 Å². The number of hydrogen-bond acceptors (Lipinski definition) is 4. The molecule has 2 aromatic carbocycles. The van der Waals surface area contributed by atoms with E-state index < -0.39 is 6.04 Å². The van der Waals surface area contributed by atoms with E-state index >= 15 is 0 Å². The summed E-state index contributed by atoms with van der Waals surface area (Å²) >= 11 is 12.3. The number of carbonyl (C=O) groups is 2. The Labute approximate surface area is 211 Å². The van der Waals surface area contributed by atoms with Crippen molar-refractivity contribution in [3.8, 4) is 11.5 Å². The van der Waals surface area contributed by atoms with Gasteiger partial charge in [0.15, 0.2) is 6.61 Å². The summed E-state index contributed by atoms with van der Waals surface area (Å²) in [7, 11) is 1.59. The van der Waals surface area contributed by atoms with Crippen molar-refractivity contribution in [3.05, 3.63) is 58.1 Å². The Bertz CT molecular complexity index is 962. The molecule has 1 atom stereocenters. The molecule has 34 heavy (non-hydrogen) atoms. The first-order valence-electron chi connectivity index (χ1n) is 11.7. The Morgan fingerprint density at radius 3 is 2.32 bits per heavy atom. The van der Waals surface area contributed by atoms with Crippen molar-refractivity contribution in [2.75, 3.05) is 13.7 Å². The molecule has 0 unspecified atom stereocenters. The predicted octanol–water partition coefficient (Wildman–Crippen LogP) is 5.64. The highest BCUT2D eigenvalue weighted by atomic mass is 35.5. The van der Waals surface area contributed by atoms with Gasteiger partial charge in [0.1, 0.15) is 17.5 Å². The van der Waals surface area contributed by atoms with Crippen LogP contribution in [-0.4, -0.2) is 42.5 Å². The molecule has 0 spiro atoms. The lowest BCUT2D eigenvalue weighted by Crippen LogP contribution is -2.52. The molecule has 1 aliphatic carbocycles. The van der Waals surface area contributed by atoms with Crippen LogP contribution < -0.4 is 14.8 Å². The van der Waals surface area contributed by atoms with Crippen molar-refractivity contribution in [1.82, 2.24) is 10.2 Å². The van der Waals surface area contributed by atoms with Crippen molar-refractivity contribution < 1.29 is 19.1 Å². The number of hydrogen-bond donors (Lipinski definition) is 1. The van der Waals surface area contributed by atoms with E-state index in [0.717, 1.165) is 31.2 Å². The molecule has 2 aromatic rings. The Balaban J connectivity index is 1.76. The lowest BCUT2D eigenvalue weighted by atomic mass is 9.95. The summed E-state index contributed by atoms with van der Waals surface area (Å²) in [5, 5.41) is 4.00. The van der Waals surface area contributed by atoms with Crippen molar-refractivity contribution in [2.45, 2.75) is 64.1 Å². The minimum Gasteiger partial charge on any atom is -0.497 e. The highest BCUT2D eigenvalue weighted by Gasteiger charge is 2.30. The van der Waals surface area contributed by atoms with Gasteiger partial charge in [-0.25, -0.2) is 0 Å². The van der Waals surface area contributed by atoms with E-state index in [2.05, 4.69) is 5.32 Å². The minimum absolute atomic E-state index is 0.132. The van der Waals surface area contributed by atoms with Gasteiger partial charge in [-0.1, -0.05) is 55.5 Å². The Morgan fingerprint density at radius 2 is 1.71 bits per heavy atom. The van der Waals surface area contributed by atoms with Crippen molar-refractivity contribution in [3.63, 3.8) is 0 Å². The Morgan fingerprint density at radius 1 is 1.03 bits per heavy atom. The third-order valence-corrected chi connectivity index (χ3v) is 6.84. The normalized spacial score (nSPS) is 14.8. The zero-order chi connectivity index (χ0) is 24.5. The van der Waals surface area contributed by atoms with E-state index in [-0.39, 0.29) is 31.0 Å². The maximum Gasteiger partial charge on any atom is 0.261 e. The van der Waals surface area contributed by atoms with Crippen LogP contribution in [0.4, 0.5) is 0 Å². The molecular formula is C26H32Cl2N2O4. The van der Waals surface area contributed by atoms with Crippen LogP contribution in [0.1, 0.15) is 51.0 Å². The highest BCUT2D eigenvalue weighted by molar-refractivity contribution is 6.42. The second-order valence-corrected chi connectivity index (χ2v) is 9.32. The topological polar surface area (TPSA) is 67.9 Å². The number of methoxy groups -OCH3 is 1. The Hall–Kier alpha value is -2.44. The standard InChI is InChI=1S/C26H32Cl2N2O4/c1-3-24(26(32)29-19-7-5-4-6-8-19)30(16-18-9-14-22(27)23(28)15-18)25(31)17-34-21-12-10-20(33-2)11-13-21/h9-15,19,24H,3-8,16-17H2,1-2H3,(H,29,32)/t24-/m0/s1. The van der Waals surface area contributed by atoms with E-state index in [1.165, 1.54) is 6.42 Å². The fourth-order valence-electron chi connectivity index (χ4n) is 4.20. The van der Waals surface area contributed by atoms with Crippen LogP contribution in [-0.2, 0) is 16.1 Å². The van der Waals surface area contributed by atoms with Crippen LogP contribution in [0.15, 0.2) is 42.5 Å². The molecule has 3 rings (SSSR count). The molecule has 2 amide bonds. The summed E-state index contributed by atoms with van der Waals surface area (Å²) in [4.78, 5) is 28.1. The molecule has 8 heteroatoms. The smallest absolute Gasteiger partial charge is 0.261 e. The minimum atomic E-state index is -0.622. The number of rotatable bonds is 10. The summed E-state index contributed by atoms with van der Waals surface area (Å²) < 4.78 is 10.9. The maximum atomic E-state index is 13.3. The lowest BCUT2D eigenvalue weighted by Gasteiger charge is -2.32. The van der Waals surface area contributed by atoms with Gasteiger partial charge in [-0.2, -0.15) is 0 Å². The van der Waals surface area contributed by atoms with Gasteiger partial charge < -0.3 is 19.7 Å². The zero-order valence-electron chi connectivity index (χ0n) is 19.7. The molecule has 0 bridgehead atoms. The zero-order valence-corrected chi connectivity index (χ0v) is 21.2. The number of benzene rings is 2. The van der Waals surface area contributed by atoms with E-state index in [4.69, 9.17) is 32.7 Å². The van der Waals surface area contributed by atoms with Gasteiger partial charge in [0, 0.05) is 12.6 Å². The van der Waals surface area contributed by atoms with Gasteiger partial charge in [0.05, 0.1) is 17.2 Å². The highest BCUT2D eigenvalue weighted by Crippen LogP contribution is 2.25. The quantitative estimate of drug-likeness (QED) is 0.452. The first-order chi connectivity index (χ1) is 16.4. The maximum absolute atomic E-state index is 13.3. The largest absolute Gasteiger partial charge is 0.497 e.